The molecule has 27 heavy (non-hydrogen) atoms. The van der Waals surface area contributed by atoms with E-state index in [1.165, 1.54) is 5.56 Å². The average molecular weight is 369 g/mol. The van der Waals surface area contributed by atoms with E-state index in [1.54, 1.807) is 20.4 Å². The number of nitrogens with zero attached hydrogens (tertiary/aromatic N) is 2. The molecule has 1 saturated heterocycles. The zero-order chi connectivity index (χ0) is 19.1. The Labute approximate surface area is 160 Å². The highest BCUT2D eigenvalue weighted by atomic mass is 16.5. The van der Waals surface area contributed by atoms with E-state index in [2.05, 4.69) is 16.4 Å². The third-order valence-electron chi connectivity index (χ3n) is 5.07. The third kappa shape index (κ3) is 5.12. The summed E-state index contributed by atoms with van der Waals surface area (Å²) in [5.41, 5.74) is 2.17. The first-order valence-corrected chi connectivity index (χ1v) is 9.32. The normalized spacial score (nSPS) is 14.7. The predicted molar refractivity (Wildman–Crippen MR) is 104 cm³/mol. The molecule has 1 aromatic heterocycles. The van der Waals surface area contributed by atoms with Crippen LogP contribution in [0.15, 0.2) is 42.7 Å². The van der Waals surface area contributed by atoms with E-state index in [1.807, 2.05) is 35.4 Å². The van der Waals surface area contributed by atoms with Gasteiger partial charge in [-0.1, -0.05) is 6.07 Å². The highest BCUT2D eigenvalue weighted by Crippen LogP contribution is 2.24. The van der Waals surface area contributed by atoms with Gasteiger partial charge in [-0.15, -0.1) is 0 Å². The highest BCUT2D eigenvalue weighted by Gasteiger charge is 2.23. The summed E-state index contributed by atoms with van der Waals surface area (Å²) in [5, 5.41) is 3.00. The number of aromatic nitrogens is 1. The molecule has 2 aromatic rings. The number of rotatable bonds is 6. The number of pyridine rings is 1. The Morgan fingerprint density at radius 3 is 2.70 bits per heavy atom. The fraction of sp³-hybridized carbons (Fsp3) is 0.429. The molecule has 3 rings (SSSR count). The Hall–Kier alpha value is -2.76. The van der Waals surface area contributed by atoms with E-state index in [4.69, 9.17) is 9.47 Å². The zero-order valence-corrected chi connectivity index (χ0v) is 16.0. The van der Waals surface area contributed by atoms with Gasteiger partial charge in [-0.3, -0.25) is 4.98 Å². The number of benzene rings is 1. The largest absolute Gasteiger partial charge is 0.497 e. The minimum atomic E-state index is -0.0281. The number of carbonyl (C=O) groups excluding carboxylic acids is 1. The summed E-state index contributed by atoms with van der Waals surface area (Å²) < 4.78 is 10.6. The van der Waals surface area contributed by atoms with Crippen LogP contribution in [-0.4, -0.2) is 43.2 Å². The Bertz CT molecular complexity index is 744. The van der Waals surface area contributed by atoms with Crippen molar-refractivity contribution in [3.05, 3.63) is 53.9 Å². The molecule has 0 atom stereocenters. The molecule has 0 aliphatic carbocycles. The van der Waals surface area contributed by atoms with Gasteiger partial charge in [0.15, 0.2) is 0 Å². The van der Waals surface area contributed by atoms with Gasteiger partial charge < -0.3 is 19.7 Å². The lowest BCUT2D eigenvalue weighted by molar-refractivity contribution is 0.170. The number of piperidine rings is 1. The maximum Gasteiger partial charge on any atom is 0.317 e. The van der Waals surface area contributed by atoms with Crippen LogP contribution < -0.4 is 14.8 Å². The van der Waals surface area contributed by atoms with Crippen molar-refractivity contribution in [2.45, 2.75) is 25.8 Å². The van der Waals surface area contributed by atoms with Gasteiger partial charge >= 0.3 is 6.03 Å². The van der Waals surface area contributed by atoms with Crippen LogP contribution in [0, 0.1) is 5.92 Å². The van der Waals surface area contributed by atoms with E-state index < -0.39 is 0 Å². The Kier molecular flexibility index (Phi) is 6.52. The number of likely N-dealkylation sites (tertiary alicyclic amines) is 1. The van der Waals surface area contributed by atoms with Crippen molar-refractivity contribution >= 4 is 6.03 Å². The summed E-state index contributed by atoms with van der Waals surface area (Å²) in [7, 11) is 3.25. The minimum Gasteiger partial charge on any atom is -0.497 e. The number of carbonyl (C=O) groups is 1. The van der Waals surface area contributed by atoms with E-state index in [0.717, 1.165) is 49.4 Å². The van der Waals surface area contributed by atoms with E-state index in [0.29, 0.717) is 12.5 Å². The van der Waals surface area contributed by atoms with Crippen molar-refractivity contribution in [1.29, 1.82) is 0 Å². The number of methoxy groups -OCH3 is 2. The Morgan fingerprint density at radius 2 is 2.04 bits per heavy atom. The third-order valence-corrected chi connectivity index (χ3v) is 5.07. The summed E-state index contributed by atoms with van der Waals surface area (Å²) in [5.74, 6) is 2.10. The maximum absolute atomic E-state index is 12.5. The first-order chi connectivity index (χ1) is 13.2. The molecule has 0 spiro atoms. The van der Waals surface area contributed by atoms with Crippen LogP contribution >= 0.6 is 0 Å². The van der Waals surface area contributed by atoms with Crippen LogP contribution in [0.2, 0.25) is 0 Å². The van der Waals surface area contributed by atoms with E-state index >= 15 is 0 Å². The fourth-order valence-electron chi connectivity index (χ4n) is 3.50. The first kappa shape index (κ1) is 19.0. The van der Waals surface area contributed by atoms with Crippen molar-refractivity contribution in [1.82, 2.24) is 15.2 Å². The number of amides is 2. The van der Waals surface area contributed by atoms with Gasteiger partial charge in [-0.25, -0.2) is 4.79 Å². The molecule has 1 aliphatic heterocycles. The van der Waals surface area contributed by atoms with E-state index in [-0.39, 0.29) is 6.03 Å². The van der Waals surface area contributed by atoms with Crippen LogP contribution in [-0.2, 0) is 13.0 Å². The highest BCUT2D eigenvalue weighted by molar-refractivity contribution is 5.74. The van der Waals surface area contributed by atoms with Gasteiger partial charge in [-0.2, -0.15) is 0 Å². The van der Waals surface area contributed by atoms with Gasteiger partial charge in [0.25, 0.3) is 0 Å². The second-order valence-corrected chi connectivity index (χ2v) is 6.83. The summed E-state index contributed by atoms with van der Waals surface area (Å²) in [4.78, 5) is 18.6. The smallest absolute Gasteiger partial charge is 0.317 e. The number of ether oxygens (including phenoxy) is 2. The second kappa shape index (κ2) is 9.26. The second-order valence-electron chi connectivity index (χ2n) is 6.83. The quantitative estimate of drug-likeness (QED) is 0.849. The molecule has 2 heterocycles. The summed E-state index contributed by atoms with van der Waals surface area (Å²) in [6.45, 7) is 1.98. The van der Waals surface area contributed by atoms with Crippen LogP contribution in [0.5, 0.6) is 11.5 Å². The molecule has 0 saturated carbocycles. The first-order valence-electron chi connectivity index (χ1n) is 9.32. The maximum atomic E-state index is 12.5. The predicted octanol–water partition coefficient (Wildman–Crippen LogP) is 3.26. The molecule has 1 fully saturated rings. The number of hydrogen-bond donors (Lipinski definition) is 1. The molecular weight excluding hydrogens is 342 g/mol. The summed E-state index contributed by atoms with van der Waals surface area (Å²) in [6, 6.07) is 9.65. The number of nitrogens with one attached hydrogen (secondary N) is 1. The average Bonchev–Trinajstić information content (AvgIpc) is 2.73. The SMILES string of the molecule is COc1ccc(OC)c(CNC(=O)N2CCC(Cc3cccnc3)CC2)c1. The molecule has 0 bridgehead atoms. The standard InChI is InChI=1S/C21H27N3O3/c1-26-19-5-6-20(27-2)18(13-19)15-23-21(25)24-10-7-16(8-11-24)12-17-4-3-9-22-14-17/h3-6,9,13-14,16H,7-8,10-12,15H2,1-2H3,(H,23,25). The van der Waals surface area contributed by atoms with Crippen molar-refractivity contribution < 1.29 is 14.3 Å². The summed E-state index contributed by atoms with van der Waals surface area (Å²) >= 11 is 0. The Balaban J connectivity index is 1.48. The molecule has 144 valence electrons. The Morgan fingerprint density at radius 1 is 1.22 bits per heavy atom. The molecule has 1 N–H and O–H groups in total. The molecule has 6 heteroatoms. The molecule has 1 aliphatic rings. The monoisotopic (exact) mass is 369 g/mol. The molecule has 0 radical (unpaired) electrons. The van der Waals surface area contributed by atoms with Gasteiger partial charge in [-0.05, 0) is 55.0 Å². The molecule has 0 unspecified atom stereocenters. The van der Waals surface area contributed by atoms with Crippen molar-refractivity contribution in [2.24, 2.45) is 5.92 Å². The molecular formula is C21H27N3O3. The summed E-state index contributed by atoms with van der Waals surface area (Å²) in [6.07, 6.45) is 6.80. The number of urea groups is 1. The van der Waals surface area contributed by atoms with Crippen LogP contribution in [0.3, 0.4) is 0 Å². The zero-order valence-electron chi connectivity index (χ0n) is 16.0. The van der Waals surface area contributed by atoms with Crippen LogP contribution in [0.1, 0.15) is 24.0 Å². The van der Waals surface area contributed by atoms with Gasteiger partial charge in [0.2, 0.25) is 0 Å². The lowest BCUT2D eigenvalue weighted by atomic mass is 9.91. The fourth-order valence-corrected chi connectivity index (χ4v) is 3.50. The van der Waals surface area contributed by atoms with E-state index in [9.17, 15) is 4.79 Å². The molecule has 6 nitrogen and oxygen atoms in total. The lowest BCUT2D eigenvalue weighted by Gasteiger charge is -2.32. The van der Waals surface area contributed by atoms with Crippen molar-refractivity contribution in [3.8, 4) is 11.5 Å². The lowest BCUT2D eigenvalue weighted by Crippen LogP contribution is -2.44. The van der Waals surface area contributed by atoms with Gasteiger partial charge in [0.05, 0.1) is 14.2 Å². The van der Waals surface area contributed by atoms with Crippen LogP contribution in [0.4, 0.5) is 4.79 Å². The number of hydrogen-bond acceptors (Lipinski definition) is 4. The van der Waals surface area contributed by atoms with Crippen molar-refractivity contribution in [3.63, 3.8) is 0 Å². The van der Waals surface area contributed by atoms with Gasteiger partial charge in [0, 0.05) is 37.6 Å². The molecule has 2 amide bonds. The van der Waals surface area contributed by atoms with Crippen LogP contribution in [0.25, 0.3) is 0 Å². The minimum absolute atomic E-state index is 0.0281. The molecule has 1 aromatic carbocycles. The van der Waals surface area contributed by atoms with Gasteiger partial charge in [0.1, 0.15) is 11.5 Å². The van der Waals surface area contributed by atoms with Crippen molar-refractivity contribution in [2.75, 3.05) is 27.3 Å². The topological polar surface area (TPSA) is 63.7 Å².